The Morgan fingerprint density at radius 2 is 1.94 bits per heavy atom. The summed E-state index contributed by atoms with van der Waals surface area (Å²) in [6.45, 7) is 5.81. The molecule has 1 heterocycles. The van der Waals surface area contributed by atoms with Crippen LogP contribution in [-0.4, -0.2) is 30.0 Å². The summed E-state index contributed by atoms with van der Waals surface area (Å²) < 4.78 is 6.70. The molecule has 0 aromatic carbocycles. The monoisotopic (exact) mass is 363 g/mol. The van der Waals surface area contributed by atoms with Gasteiger partial charge in [0.25, 0.3) is 0 Å². The van der Waals surface area contributed by atoms with Gasteiger partial charge in [-0.1, -0.05) is 0 Å². The summed E-state index contributed by atoms with van der Waals surface area (Å²) in [4.78, 5) is 18.6. The molecule has 96 valence electrons. The second kappa shape index (κ2) is 5.18. The number of nitrogens with one attached hydrogen (secondary N) is 1. The maximum absolute atomic E-state index is 11.7. The van der Waals surface area contributed by atoms with E-state index in [1.807, 2.05) is 32.2 Å². The summed E-state index contributed by atoms with van der Waals surface area (Å²) in [5, 5.41) is 4.80. The molecule has 0 saturated heterocycles. The molecular formula is C12H21NO2SSn. The van der Waals surface area contributed by atoms with Crippen molar-refractivity contribution in [3.05, 3.63) is 11.4 Å². The van der Waals surface area contributed by atoms with Gasteiger partial charge in [0.1, 0.15) is 0 Å². The van der Waals surface area contributed by atoms with Crippen LogP contribution < -0.4 is 12.9 Å². The fourth-order valence-electron chi connectivity index (χ4n) is 1.36. The van der Waals surface area contributed by atoms with Crippen molar-refractivity contribution in [3.8, 4) is 5.75 Å². The quantitative estimate of drug-likeness (QED) is 0.821. The molecule has 0 spiro atoms. The van der Waals surface area contributed by atoms with E-state index >= 15 is 0 Å². The van der Waals surface area contributed by atoms with E-state index in [4.69, 9.17) is 4.74 Å². The summed E-state index contributed by atoms with van der Waals surface area (Å²) in [6.07, 6.45) is -0.368. The molecule has 0 aliphatic carbocycles. The van der Waals surface area contributed by atoms with Gasteiger partial charge in [-0.25, -0.2) is 0 Å². The van der Waals surface area contributed by atoms with E-state index in [1.165, 1.54) is 2.89 Å². The van der Waals surface area contributed by atoms with Crippen LogP contribution in [0.15, 0.2) is 11.4 Å². The number of amides is 1. The molecule has 0 saturated carbocycles. The molecule has 0 unspecified atom stereocenters. The number of rotatable bonds is 2. The van der Waals surface area contributed by atoms with E-state index in [0.717, 1.165) is 5.75 Å². The number of carbonyl (C=O) groups excluding carboxylic acids is 1. The first kappa shape index (κ1) is 14.8. The summed E-state index contributed by atoms with van der Waals surface area (Å²) >= 11 is -0.465. The van der Waals surface area contributed by atoms with Gasteiger partial charge in [0.15, 0.2) is 0 Å². The molecule has 0 atom stereocenters. The average Bonchev–Trinajstić information content (AvgIpc) is 2.46. The van der Waals surface area contributed by atoms with E-state index in [-0.39, 0.29) is 11.6 Å². The molecule has 17 heavy (non-hydrogen) atoms. The predicted octanol–water partition coefficient (Wildman–Crippen LogP) is 3.18. The molecule has 1 aromatic rings. The van der Waals surface area contributed by atoms with Crippen molar-refractivity contribution in [2.24, 2.45) is 0 Å². The SMILES string of the molecule is CC(C)(C)NC(=O)Oc1ccs[c]1[Sn]([CH3])([CH3])[CH3]. The van der Waals surface area contributed by atoms with Crippen molar-refractivity contribution in [2.45, 2.75) is 41.1 Å². The van der Waals surface area contributed by atoms with E-state index in [2.05, 4.69) is 20.1 Å². The summed E-state index contributed by atoms with van der Waals surface area (Å²) in [6, 6.07) is 1.89. The molecular weight excluding hydrogens is 341 g/mol. The van der Waals surface area contributed by atoms with Crippen molar-refractivity contribution in [3.63, 3.8) is 0 Å². The number of carbonyl (C=O) groups is 1. The Bertz CT molecular complexity index is 401. The van der Waals surface area contributed by atoms with Crippen LogP contribution in [0.4, 0.5) is 4.79 Å². The van der Waals surface area contributed by atoms with Gasteiger partial charge in [-0.05, 0) is 0 Å². The number of hydrogen-bond donors (Lipinski definition) is 1. The molecule has 5 heteroatoms. The van der Waals surface area contributed by atoms with E-state index in [9.17, 15) is 4.79 Å². The molecule has 0 radical (unpaired) electrons. The molecule has 1 rings (SSSR count). The third-order valence-corrected chi connectivity index (χ3v) is 12.4. The number of hydrogen-bond acceptors (Lipinski definition) is 3. The minimum atomic E-state index is -2.17. The van der Waals surface area contributed by atoms with Crippen LogP contribution in [0.1, 0.15) is 20.8 Å². The Balaban J connectivity index is 2.77. The molecule has 1 N–H and O–H groups in total. The predicted molar refractivity (Wildman–Crippen MR) is 76.2 cm³/mol. The van der Waals surface area contributed by atoms with Crippen LogP contribution in [0.5, 0.6) is 5.75 Å². The van der Waals surface area contributed by atoms with Gasteiger partial charge in [0.05, 0.1) is 0 Å². The van der Waals surface area contributed by atoms with Gasteiger partial charge in [0.2, 0.25) is 0 Å². The van der Waals surface area contributed by atoms with Crippen molar-refractivity contribution in [2.75, 3.05) is 0 Å². The van der Waals surface area contributed by atoms with Gasteiger partial charge in [0, 0.05) is 0 Å². The molecule has 0 aliphatic rings. The van der Waals surface area contributed by atoms with Crippen LogP contribution in [-0.2, 0) is 0 Å². The molecule has 1 aromatic heterocycles. The third-order valence-electron chi connectivity index (χ3n) is 1.99. The van der Waals surface area contributed by atoms with E-state index < -0.39 is 18.4 Å². The molecule has 3 nitrogen and oxygen atoms in total. The minimum absolute atomic E-state index is 0.266. The Hall–Kier alpha value is -0.231. The molecule has 0 fully saturated rings. The Kier molecular flexibility index (Phi) is 4.52. The average molecular weight is 362 g/mol. The van der Waals surface area contributed by atoms with Gasteiger partial charge >= 0.3 is 112 Å². The summed E-state index contributed by atoms with van der Waals surface area (Å²) in [5.41, 5.74) is -0.266. The second-order valence-electron chi connectivity index (χ2n) is 6.13. The van der Waals surface area contributed by atoms with Crippen LogP contribution in [0.2, 0.25) is 14.8 Å². The first-order valence-corrected chi connectivity index (χ1v) is 16.5. The van der Waals surface area contributed by atoms with Crippen molar-refractivity contribution in [1.82, 2.24) is 5.32 Å². The topological polar surface area (TPSA) is 38.3 Å². The zero-order chi connectivity index (χ0) is 13.3. The van der Waals surface area contributed by atoms with Gasteiger partial charge in [-0.2, -0.15) is 0 Å². The zero-order valence-electron chi connectivity index (χ0n) is 11.4. The maximum atomic E-state index is 11.7. The van der Waals surface area contributed by atoms with Crippen LogP contribution in [0.25, 0.3) is 0 Å². The van der Waals surface area contributed by atoms with Crippen molar-refractivity contribution < 1.29 is 9.53 Å². The first-order chi connectivity index (χ1) is 7.59. The van der Waals surface area contributed by atoms with Crippen LogP contribution in [0, 0.1) is 0 Å². The van der Waals surface area contributed by atoms with Crippen LogP contribution >= 0.6 is 11.3 Å². The standard InChI is InChI=1S/C9H12NO2S.3CH3.Sn/c1-9(2,3)10-8(11)12-7-4-5-13-6-7;;;;/h4-5H,1-3H3,(H,10,11);3*1H3;. The summed E-state index contributed by atoms with van der Waals surface area (Å²) in [7, 11) is 0. The Labute approximate surface area is 111 Å². The van der Waals surface area contributed by atoms with E-state index in [0.29, 0.717) is 0 Å². The zero-order valence-corrected chi connectivity index (χ0v) is 15.1. The van der Waals surface area contributed by atoms with E-state index in [1.54, 1.807) is 11.3 Å². The third kappa shape index (κ3) is 4.87. The number of ether oxygens (including phenoxy) is 1. The van der Waals surface area contributed by atoms with Crippen molar-refractivity contribution in [1.29, 1.82) is 0 Å². The van der Waals surface area contributed by atoms with Gasteiger partial charge < -0.3 is 0 Å². The Morgan fingerprint density at radius 1 is 1.35 bits per heavy atom. The van der Waals surface area contributed by atoms with Gasteiger partial charge in [-0.15, -0.1) is 0 Å². The Morgan fingerprint density at radius 3 is 2.41 bits per heavy atom. The van der Waals surface area contributed by atoms with Crippen molar-refractivity contribution >= 4 is 38.7 Å². The van der Waals surface area contributed by atoms with Crippen LogP contribution in [0.3, 0.4) is 0 Å². The fraction of sp³-hybridized carbons (Fsp3) is 0.583. The number of thiophene rings is 1. The molecule has 0 bridgehead atoms. The fourth-order valence-corrected chi connectivity index (χ4v) is 8.37. The first-order valence-electron chi connectivity index (χ1n) is 5.67. The summed E-state index contributed by atoms with van der Waals surface area (Å²) in [5.74, 6) is 0.750. The second-order valence-corrected chi connectivity index (χ2v) is 22.3. The molecule has 1 amide bonds. The van der Waals surface area contributed by atoms with Gasteiger partial charge in [-0.3, -0.25) is 0 Å². The molecule has 0 aliphatic heterocycles. The normalized spacial score (nSPS) is 12.4.